The third kappa shape index (κ3) is 2.85. The number of nitrogens with zero attached hydrogens (tertiary/aromatic N) is 2. The zero-order chi connectivity index (χ0) is 24.2. The molecule has 3 aromatic carbocycles. The molecule has 0 saturated heterocycles. The van der Waals surface area contributed by atoms with E-state index >= 15 is 0 Å². The minimum Gasteiger partial charge on any atom is -0.450 e. The summed E-state index contributed by atoms with van der Waals surface area (Å²) in [5.74, 6) is -0.938. The molecule has 0 N–H and O–H groups in total. The predicted octanol–water partition coefficient (Wildman–Crippen LogP) is 3.69. The molecule has 0 bridgehead atoms. The first-order valence-electron chi connectivity index (χ1n) is 11.4. The normalized spacial score (nSPS) is 18.5. The molecule has 0 fully saturated rings. The largest absolute Gasteiger partial charge is 0.450 e. The second-order valence-corrected chi connectivity index (χ2v) is 8.69. The number of benzene rings is 3. The van der Waals surface area contributed by atoms with Crippen LogP contribution in [0.1, 0.15) is 27.2 Å². The fraction of sp³-hybridized carbons (Fsp3) is 0.179. The fourth-order valence-electron chi connectivity index (χ4n) is 5.34. The number of carbonyl (C=O) groups is 2. The molecule has 2 aliphatic heterocycles. The SMILES string of the molecule is COCCN1C(=O)c2oc3ccccc3c(=O)c2C12C(=O)N(Cc1ccccc1)c1ccccc12. The van der Waals surface area contributed by atoms with Gasteiger partial charge in [0.2, 0.25) is 5.76 Å². The summed E-state index contributed by atoms with van der Waals surface area (Å²) in [5.41, 5.74) is 0.578. The molecule has 2 amide bonds. The number of ether oxygens (including phenoxy) is 1. The van der Waals surface area contributed by atoms with E-state index in [-0.39, 0.29) is 35.8 Å². The molecule has 174 valence electrons. The molecule has 0 saturated carbocycles. The third-order valence-corrected chi connectivity index (χ3v) is 6.85. The Balaban J connectivity index is 1.65. The molecule has 3 heterocycles. The first kappa shape index (κ1) is 21.3. The van der Waals surface area contributed by atoms with E-state index in [1.165, 1.54) is 12.0 Å². The van der Waals surface area contributed by atoms with Crippen LogP contribution in [0.25, 0.3) is 11.0 Å². The van der Waals surface area contributed by atoms with E-state index in [0.29, 0.717) is 28.8 Å². The van der Waals surface area contributed by atoms with E-state index in [4.69, 9.17) is 9.15 Å². The molecular weight excluding hydrogens is 444 g/mol. The van der Waals surface area contributed by atoms with Crippen LogP contribution in [-0.2, 0) is 21.6 Å². The number of fused-ring (bicyclic) bond motifs is 5. The number of hydrogen-bond donors (Lipinski definition) is 0. The molecule has 1 spiro atoms. The van der Waals surface area contributed by atoms with E-state index in [1.54, 1.807) is 29.2 Å². The van der Waals surface area contributed by atoms with Crippen molar-refractivity contribution in [1.82, 2.24) is 4.90 Å². The lowest BCUT2D eigenvalue weighted by Gasteiger charge is -2.34. The van der Waals surface area contributed by atoms with Crippen LogP contribution in [0.5, 0.6) is 0 Å². The van der Waals surface area contributed by atoms with Gasteiger partial charge in [0.25, 0.3) is 11.8 Å². The second kappa shape index (κ2) is 7.92. The van der Waals surface area contributed by atoms with E-state index in [1.807, 2.05) is 54.6 Å². The van der Waals surface area contributed by atoms with Crippen LogP contribution < -0.4 is 10.3 Å². The molecule has 35 heavy (non-hydrogen) atoms. The monoisotopic (exact) mass is 466 g/mol. The van der Waals surface area contributed by atoms with Crippen molar-refractivity contribution in [3.8, 4) is 0 Å². The summed E-state index contributed by atoms with van der Waals surface area (Å²) < 4.78 is 11.3. The Bertz CT molecular complexity index is 1540. The summed E-state index contributed by atoms with van der Waals surface area (Å²) >= 11 is 0. The van der Waals surface area contributed by atoms with Crippen molar-refractivity contribution in [3.63, 3.8) is 0 Å². The topological polar surface area (TPSA) is 80.1 Å². The van der Waals surface area contributed by atoms with Gasteiger partial charge in [-0.3, -0.25) is 14.4 Å². The Labute approximate surface area is 201 Å². The highest BCUT2D eigenvalue weighted by Gasteiger charge is 2.64. The molecule has 2 aliphatic rings. The van der Waals surface area contributed by atoms with Gasteiger partial charge in [0, 0.05) is 19.2 Å². The summed E-state index contributed by atoms with van der Waals surface area (Å²) in [6, 6.07) is 23.8. The summed E-state index contributed by atoms with van der Waals surface area (Å²) in [7, 11) is 1.53. The summed E-state index contributed by atoms with van der Waals surface area (Å²) in [5, 5.41) is 0.332. The van der Waals surface area contributed by atoms with Crippen LogP contribution in [0.15, 0.2) is 88.1 Å². The first-order valence-corrected chi connectivity index (χ1v) is 11.4. The summed E-state index contributed by atoms with van der Waals surface area (Å²) in [6.07, 6.45) is 0. The van der Waals surface area contributed by atoms with Crippen molar-refractivity contribution >= 4 is 28.5 Å². The van der Waals surface area contributed by atoms with Gasteiger partial charge in [-0.15, -0.1) is 0 Å². The van der Waals surface area contributed by atoms with Crippen molar-refractivity contribution in [2.75, 3.05) is 25.2 Å². The van der Waals surface area contributed by atoms with Gasteiger partial charge in [-0.2, -0.15) is 0 Å². The van der Waals surface area contributed by atoms with Crippen LogP contribution >= 0.6 is 0 Å². The van der Waals surface area contributed by atoms with E-state index in [9.17, 15) is 14.4 Å². The second-order valence-electron chi connectivity index (χ2n) is 8.69. The fourth-order valence-corrected chi connectivity index (χ4v) is 5.34. The lowest BCUT2D eigenvalue weighted by atomic mass is 9.84. The van der Waals surface area contributed by atoms with E-state index in [2.05, 4.69) is 0 Å². The number of rotatable bonds is 5. The maximum absolute atomic E-state index is 14.5. The van der Waals surface area contributed by atoms with Crippen LogP contribution in [0.2, 0.25) is 0 Å². The van der Waals surface area contributed by atoms with E-state index in [0.717, 1.165) is 5.56 Å². The van der Waals surface area contributed by atoms with Gasteiger partial charge in [0.05, 0.1) is 29.8 Å². The van der Waals surface area contributed by atoms with Crippen LogP contribution in [0.4, 0.5) is 5.69 Å². The Hall–Kier alpha value is -4.23. The number of anilines is 1. The molecule has 1 atom stereocenters. The average molecular weight is 466 g/mol. The zero-order valence-electron chi connectivity index (χ0n) is 19.1. The van der Waals surface area contributed by atoms with Crippen molar-refractivity contribution in [3.05, 3.63) is 112 Å². The molecule has 1 aromatic heterocycles. The highest BCUT2D eigenvalue weighted by molar-refractivity contribution is 6.17. The maximum atomic E-state index is 14.5. The number of para-hydroxylation sites is 2. The minimum atomic E-state index is -1.62. The van der Waals surface area contributed by atoms with Gasteiger partial charge >= 0.3 is 0 Å². The molecule has 0 radical (unpaired) electrons. The van der Waals surface area contributed by atoms with Crippen LogP contribution in [0, 0.1) is 0 Å². The maximum Gasteiger partial charge on any atom is 0.291 e. The first-order chi connectivity index (χ1) is 17.1. The average Bonchev–Trinajstić information content (AvgIpc) is 3.28. The highest BCUT2D eigenvalue weighted by Crippen LogP contribution is 2.52. The molecule has 6 rings (SSSR count). The quantitative estimate of drug-likeness (QED) is 0.448. The van der Waals surface area contributed by atoms with Crippen molar-refractivity contribution in [2.45, 2.75) is 12.1 Å². The third-order valence-electron chi connectivity index (χ3n) is 6.85. The Morgan fingerprint density at radius 3 is 2.40 bits per heavy atom. The predicted molar refractivity (Wildman–Crippen MR) is 130 cm³/mol. The lowest BCUT2D eigenvalue weighted by molar-refractivity contribution is -0.126. The summed E-state index contributed by atoms with van der Waals surface area (Å²) in [4.78, 5) is 45.2. The molecule has 1 unspecified atom stereocenters. The number of hydrogen-bond acceptors (Lipinski definition) is 5. The Morgan fingerprint density at radius 2 is 1.60 bits per heavy atom. The zero-order valence-corrected chi connectivity index (χ0v) is 19.1. The molecular formula is C28H22N2O5. The lowest BCUT2D eigenvalue weighted by Crippen LogP contribution is -2.54. The smallest absolute Gasteiger partial charge is 0.291 e. The molecule has 7 heteroatoms. The molecule has 7 nitrogen and oxygen atoms in total. The van der Waals surface area contributed by atoms with Crippen molar-refractivity contribution in [1.29, 1.82) is 0 Å². The van der Waals surface area contributed by atoms with Gasteiger partial charge in [0.15, 0.2) is 11.0 Å². The minimum absolute atomic E-state index is 0.0744. The standard InChI is InChI=1S/C28H22N2O5/c1-34-16-15-30-26(32)25-23(24(31)19-11-5-8-14-22(19)35-25)28(30)20-12-6-7-13-21(20)29(27(28)33)17-18-9-3-2-4-10-18/h2-14H,15-17H2,1H3. The van der Waals surface area contributed by atoms with Crippen LogP contribution in [0.3, 0.4) is 0 Å². The number of amides is 2. The van der Waals surface area contributed by atoms with Gasteiger partial charge < -0.3 is 19.0 Å². The molecule has 4 aromatic rings. The molecule has 0 aliphatic carbocycles. The van der Waals surface area contributed by atoms with E-state index < -0.39 is 11.4 Å². The van der Waals surface area contributed by atoms with Crippen molar-refractivity contribution < 1.29 is 18.7 Å². The van der Waals surface area contributed by atoms with Gasteiger partial charge in [0.1, 0.15) is 5.58 Å². The summed E-state index contributed by atoms with van der Waals surface area (Å²) in [6.45, 7) is 0.622. The van der Waals surface area contributed by atoms with Crippen LogP contribution in [-0.4, -0.2) is 37.0 Å². The van der Waals surface area contributed by atoms with Crippen molar-refractivity contribution in [2.24, 2.45) is 0 Å². The number of carbonyl (C=O) groups excluding carboxylic acids is 2. The van der Waals surface area contributed by atoms with Gasteiger partial charge in [-0.25, -0.2) is 0 Å². The highest BCUT2D eigenvalue weighted by atomic mass is 16.5. The number of methoxy groups -OCH3 is 1. The Kier molecular flexibility index (Phi) is 4.82. The Morgan fingerprint density at radius 1 is 0.886 bits per heavy atom. The van der Waals surface area contributed by atoms with Gasteiger partial charge in [-0.1, -0.05) is 60.7 Å². The van der Waals surface area contributed by atoms with Gasteiger partial charge in [-0.05, 0) is 23.8 Å².